The minimum atomic E-state index is 0.131. The molecule has 0 aromatic rings. The predicted octanol–water partition coefficient (Wildman–Crippen LogP) is -0.286. The molecule has 0 bridgehead atoms. The van der Waals surface area contributed by atoms with Gasteiger partial charge in [-0.2, -0.15) is 0 Å². The second-order valence-electron chi connectivity index (χ2n) is 4.49. The van der Waals surface area contributed by atoms with Gasteiger partial charge in [-0.25, -0.2) is 0 Å². The zero-order chi connectivity index (χ0) is 8.23. The normalized spacial score (nSPS) is 56.2. The summed E-state index contributed by atoms with van der Waals surface area (Å²) >= 11 is 0. The summed E-state index contributed by atoms with van der Waals surface area (Å²) < 4.78 is 5.92. The second kappa shape index (κ2) is 2.03. The van der Waals surface area contributed by atoms with Gasteiger partial charge in [0.25, 0.3) is 0 Å². The fourth-order valence-electron chi connectivity index (χ4n) is 3.21. The van der Waals surface area contributed by atoms with Crippen molar-refractivity contribution in [2.45, 2.75) is 18.4 Å². The molecule has 0 radical (unpaired) electrons. The second-order valence-corrected chi connectivity index (χ2v) is 4.49. The molecule has 0 aromatic carbocycles. The summed E-state index contributed by atoms with van der Waals surface area (Å²) in [6.07, 6.45) is 2.48. The number of hydrogen-bond acceptors (Lipinski definition) is 3. The van der Waals surface area contributed by atoms with Crippen molar-refractivity contribution in [3.63, 3.8) is 0 Å². The predicted molar refractivity (Wildman–Crippen MR) is 45.8 cm³/mol. The molecule has 3 N–H and O–H groups in total. The molecule has 12 heavy (non-hydrogen) atoms. The molecule has 2 heterocycles. The molecular formula is C9H16N2O. The number of nitrogens with one attached hydrogen (secondary N) is 1. The molecule has 68 valence electrons. The average Bonchev–Trinajstić information content (AvgIpc) is 2.51. The lowest BCUT2D eigenvalue weighted by Crippen LogP contribution is -2.45. The standard InChI is InChI=1S/C9H16N2O/c10-5-8-3-7(8)4-12-9(8)1-2-11-6-9/h7,11H,1-6,10H2/t7-,8+,9?/m0/s1. The quantitative estimate of drug-likeness (QED) is 0.566. The lowest BCUT2D eigenvalue weighted by atomic mass is 9.83. The summed E-state index contributed by atoms with van der Waals surface area (Å²) in [6.45, 7) is 3.91. The maximum absolute atomic E-state index is 5.92. The fraction of sp³-hybridized carbons (Fsp3) is 1.00. The number of ether oxygens (including phenoxy) is 1. The topological polar surface area (TPSA) is 47.3 Å². The van der Waals surface area contributed by atoms with Gasteiger partial charge in [0.05, 0.1) is 12.2 Å². The van der Waals surface area contributed by atoms with Gasteiger partial charge >= 0.3 is 0 Å². The van der Waals surface area contributed by atoms with Gasteiger partial charge in [-0.1, -0.05) is 0 Å². The molecule has 3 aliphatic rings. The van der Waals surface area contributed by atoms with Crippen LogP contribution in [-0.2, 0) is 4.74 Å². The highest BCUT2D eigenvalue weighted by Crippen LogP contribution is 2.66. The average molecular weight is 168 g/mol. The molecule has 0 aromatic heterocycles. The SMILES string of the molecule is NC[C@]12C[C@H]1COC21CCNC1. The first kappa shape index (κ1) is 7.30. The van der Waals surface area contributed by atoms with Crippen molar-refractivity contribution in [3.05, 3.63) is 0 Å². The van der Waals surface area contributed by atoms with E-state index < -0.39 is 0 Å². The monoisotopic (exact) mass is 168 g/mol. The molecule has 1 unspecified atom stereocenters. The first-order chi connectivity index (χ1) is 5.83. The minimum Gasteiger partial charge on any atom is -0.373 e. The van der Waals surface area contributed by atoms with Gasteiger partial charge in [0.1, 0.15) is 0 Å². The van der Waals surface area contributed by atoms with E-state index in [1.54, 1.807) is 0 Å². The van der Waals surface area contributed by atoms with E-state index in [2.05, 4.69) is 5.32 Å². The van der Waals surface area contributed by atoms with Crippen molar-refractivity contribution >= 4 is 0 Å². The Balaban J connectivity index is 1.94. The molecule has 2 aliphatic heterocycles. The van der Waals surface area contributed by atoms with Crippen molar-refractivity contribution in [1.29, 1.82) is 0 Å². The van der Waals surface area contributed by atoms with E-state index in [4.69, 9.17) is 10.5 Å². The number of fused-ring (bicyclic) bond motifs is 2. The van der Waals surface area contributed by atoms with E-state index in [0.29, 0.717) is 5.41 Å². The molecular weight excluding hydrogens is 152 g/mol. The Morgan fingerprint density at radius 3 is 3.08 bits per heavy atom. The van der Waals surface area contributed by atoms with Crippen molar-refractivity contribution in [1.82, 2.24) is 5.32 Å². The summed E-state index contributed by atoms with van der Waals surface area (Å²) in [5, 5.41) is 3.39. The van der Waals surface area contributed by atoms with Crippen LogP contribution in [0.4, 0.5) is 0 Å². The first-order valence-corrected chi connectivity index (χ1v) is 4.88. The van der Waals surface area contributed by atoms with Crippen LogP contribution in [0.25, 0.3) is 0 Å². The Morgan fingerprint density at radius 2 is 2.50 bits per heavy atom. The number of rotatable bonds is 1. The summed E-state index contributed by atoms with van der Waals surface area (Å²) in [5.74, 6) is 0.780. The molecule has 3 heteroatoms. The highest BCUT2D eigenvalue weighted by Gasteiger charge is 2.71. The number of hydrogen-bond donors (Lipinski definition) is 2. The van der Waals surface area contributed by atoms with Gasteiger partial charge in [0, 0.05) is 18.5 Å². The molecule has 3 nitrogen and oxygen atoms in total. The summed E-state index contributed by atoms with van der Waals surface area (Å²) in [5.41, 5.74) is 6.36. The van der Waals surface area contributed by atoms with Gasteiger partial charge < -0.3 is 15.8 Å². The fourth-order valence-corrected chi connectivity index (χ4v) is 3.21. The van der Waals surface area contributed by atoms with Crippen LogP contribution < -0.4 is 11.1 Å². The Morgan fingerprint density at radius 1 is 1.58 bits per heavy atom. The lowest BCUT2D eigenvalue weighted by molar-refractivity contribution is -0.0354. The van der Waals surface area contributed by atoms with Crippen molar-refractivity contribution in [3.8, 4) is 0 Å². The van der Waals surface area contributed by atoms with Crippen molar-refractivity contribution in [2.75, 3.05) is 26.2 Å². The highest BCUT2D eigenvalue weighted by molar-refractivity contribution is 5.21. The molecule has 1 spiro atoms. The summed E-state index contributed by atoms with van der Waals surface area (Å²) in [6, 6.07) is 0. The zero-order valence-electron chi connectivity index (χ0n) is 7.31. The maximum atomic E-state index is 5.92. The van der Waals surface area contributed by atoms with Crippen LogP contribution in [0.15, 0.2) is 0 Å². The van der Waals surface area contributed by atoms with Crippen LogP contribution in [-0.4, -0.2) is 31.8 Å². The van der Waals surface area contributed by atoms with Crippen LogP contribution in [0.1, 0.15) is 12.8 Å². The van der Waals surface area contributed by atoms with Gasteiger partial charge in [0.2, 0.25) is 0 Å². The Kier molecular flexibility index (Phi) is 1.23. The largest absolute Gasteiger partial charge is 0.373 e. The van der Waals surface area contributed by atoms with Crippen LogP contribution >= 0.6 is 0 Å². The van der Waals surface area contributed by atoms with E-state index in [1.807, 2.05) is 0 Å². The van der Waals surface area contributed by atoms with E-state index in [-0.39, 0.29) is 5.60 Å². The van der Waals surface area contributed by atoms with Gasteiger partial charge in [-0.05, 0) is 25.3 Å². The van der Waals surface area contributed by atoms with Gasteiger partial charge in [-0.3, -0.25) is 0 Å². The lowest BCUT2D eigenvalue weighted by Gasteiger charge is -2.32. The third kappa shape index (κ3) is 0.605. The van der Waals surface area contributed by atoms with Crippen molar-refractivity contribution < 1.29 is 4.74 Å². The van der Waals surface area contributed by atoms with Crippen molar-refractivity contribution in [2.24, 2.45) is 17.1 Å². The third-order valence-electron chi connectivity index (χ3n) is 4.18. The highest BCUT2D eigenvalue weighted by atomic mass is 16.5. The Bertz CT molecular complexity index is 203. The summed E-state index contributed by atoms with van der Waals surface area (Å²) in [7, 11) is 0. The van der Waals surface area contributed by atoms with Crippen LogP contribution in [0, 0.1) is 11.3 Å². The summed E-state index contributed by atoms with van der Waals surface area (Å²) in [4.78, 5) is 0. The van der Waals surface area contributed by atoms with E-state index in [1.165, 1.54) is 12.8 Å². The smallest absolute Gasteiger partial charge is 0.0889 e. The van der Waals surface area contributed by atoms with Gasteiger partial charge in [0.15, 0.2) is 0 Å². The maximum Gasteiger partial charge on any atom is 0.0889 e. The van der Waals surface area contributed by atoms with E-state index >= 15 is 0 Å². The van der Waals surface area contributed by atoms with Crippen LogP contribution in [0.3, 0.4) is 0 Å². The Hall–Kier alpha value is -0.120. The van der Waals surface area contributed by atoms with E-state index in [9.17, 15) is 0 Å². The van der Waals surface area contributed by atoms with Crippen LogP contribution in [0.5, 0.6) is 0 Å². The molecule has 3 fully saturated rings. The number of nitrogens with two attached hydrogens (primary N) is 1. The van der Waals surface area contributed by atoms with Gasteiger partial charge in [-0.15, -0.1) is 0 Å². The molecule has 2 saturated heterocycles. The van der Waals surface area contributed by atoms with E-state index in [0.717, 1.165) is 32.2 Å². The zero-order valence-corrected chi connectivity index (χ0v) is 7.31. The molecule has 3 rings (SSSR count). The Labute approximate surface area is 72.6 Å². The first-order valence-electron chi connectivity index (χ1n) is 4.88. The third-order valence-corrected chi connectivity index (χ3v) is 4.18. The minimum absolute atomic E-state index is 0.131. The molecule has 3 atom stereocenters. The van der Waals surface area contributed by atoms with Crippen LogP contribution in [0.2, 0.25) is 0 Å². The molecule has 1 saturated carbocycles. The molecule has 0 amide bonds. The molecule has 1 aliphatic carbocycles.